The molecular formula is C11H18ClN5. The first-order valence-corrected chi connectivity index (χ1v) is 6.34. The first kappa shape index (κ1) is 12.4. The highest BCUT2D eigenvalue weighted by molar-refractivity contribution is 6.29. The van der Waals surface area contributed by atoms with Crippen molar-refractivity contribution in [3.63, 3.8) is 0 Å². The van der Waals surface area contributed by atoms with Gasteiger partial charge in [0.15, 0.2) is 0 Å². The molecule has 3 N–H and O–H groups in total. The molecule has 5 nitrogen and oxygen atoms in total. The average molecular weight is 256 g/mol. The maximum atomic E-state index is 5.84. The van der Waals surface area contributed by atoms with Crippen LogP contribution in [-0.4, -0.2) is 40.5 Å². The maximum Gasteiger partial charge on any atom is 0.223 e. The van der Waals surface area contributed by atoms with Gasteiger partial charge < -0.3 is 16.0 Å². The highest BCUT2D eigenvalue weighted by Crippen LogP contribution is 2.17. The van der Waals surface area contributed by atoms with Gasteiger partial charge in [-0.25, -0.2) is 4.98 Å². The Kier molecular flexibility index (Phi) is 4.02. The summed E-state index contributed by atoms with van der Waals surface area (Å²) in [6.45, 7) is 5.49. The van der Waals surface area contributed by atoms with Gasteiger partial charge in [-0.05, 0) is 25.9 Å². The summed E-state index contributed by atoms with van der Waals surface area (Å²) in [7, 11) is 0. The van der Waals surface area contributed by atoms with E-state index in [1.54, 1.807) is 6.07 Å². The Balaban J connectivity index is 2.00. The minimum Gasteiger partial charge on any atom is -0.368 e. The monoisotopic (exact) mass is 255 g/mol. The van der Waals surface area contributed by atoms with Crippen molar-refractivity contribution in [3.05, 3.63) is 11.2 Å². The molecule has 1 saturated heterocycles. The molecule has 1 aromatic heterocycles. The SMILES string of the molecule is CCN1CCCC(Nc2cc(Cl)nc(N)n2)C1. The zero-order valence-corrected chi connectivity index (χ0v) is 10.7. The number of piperidine rings is 1. The number of anilines is 2. The Hall–Kier alpha value is -1.07. The van der Waals surface area contributed by atoms with Crippen LogP contribution in [0.5, 0.6) is 0 Å². The van der Waals surface area contributed by atoms with Crippen LogP contribution in [0.1, 0.15) is 19.8 Å². The third kappa shape index (κ3) is 3.44. The molecule has 2 heterocycles. The fraction of sp³-hybridized carbons (Fsp3) is 0.636. The van der Waals surface area contributed by atoms with E-state index < -0.39 is 0 Å². The molecule has 94 valence electrons. The van der Waals surface area contributed by atoms with E-state index in [4.69, 9.17) is 17.3 Å². The van der Waals surface area contributed by atoms with E-state index in [9.17, 15) is 0 Å². The molecule has 0 spiro atoms. The lowest BCUT2D eigenvalue weighted by molar-refractivity contribution is 0.226. The van der Waals surface area contributed by atoms with Crippen LogP contribution in [0.25, 0.3) is 0 Å². The minimum absolute atomic E-state index is 0.211. The number of hydrogen-bond donors (Lipinski definition) is 2. The molecule has 0 saturated carbocycles. The second-order valence-electron chi connectivity index (χ2n) is 4.31. The highest BCUT2D eigenvalue weighted by Gasteiger charge is 2.18. The summed E-state index contributed by atoms with van der Waals surface area (Å²) in [6.07, 6.45) is 2.36. The summed E-state index contributed by atoms with van der Waals surface area (Å²) < 4.78 is 0. The van der Waals surface area contributed by atoms with Gasteiger partial charge in [0.1, 0.15) is 11.0 Å². The Morgan fingerprint density at radius 2 is 2.41 bits per heavy atom. The van der Waals surface area contributed by atoms with Crippen LogP contribution in [-0.2, 0) is 0 Å². The molecule has 1 fully saturated rings. The van der Waals surface area contributed by atoms with Crippen LogP contribution >= 0.6 is 11.6 Å². The van der Waals surface area contributed by atoms with E-state index in [-0.39, 0.29) is 5.95 Å². The van der Waals surface area contributed by atoms with Crippen LogP contribution in [0.3, 0.4) is 0 Å². The van der Waals surface area contributed by atoms with Gasteiger partial charge >= 0.3 is 0 Å². The molecular weight excluding hydrogens is 238 g/mol. The first-order chi connectivity index (χ1) is 8.17. The second kappa shape index (κ2) is 5.51. The zero-order chi connectivity index (χ0) is 12.3. The van der Waals surface area contributed by atoms with Crippen molar-refractivity contribution in [1.82, 2.24) is 14.9 Å². The van der Waals surface area contributed by atoms with Gasteiger partial charge in [-0.2, -0.15) is 4.98 Å². The van der Waals surface area contributed by atoms with E-state index in [1.165, 1.54) is 13.0 Å². The topological polar surface area (TPSA) is 67.1 Å². The molecule has 1 unspecified atom stereocenters. The zero-order valence-electron chi connectivity index (χ0n) is 9.99. The predicted octanol–water partition coefficient (Wildman–Crippen LogP) is 1.61. The Bertz CT molecular complexity index is 364. The van der Waals surface area contributed by atoms with Crippen LogP contribution in [0, 0.1) is 0 Å². The standard InChI is InChI=1S/C11H18ClN5/c1-2-17-5-3-4-8(7-17)14-10-6-9(12)15-11(13)16-10/h6,8H,2-5,7H2,1H3,(H3,13,14,15,16). The van der Waals surface area contributed by atoms with Gasteiger partial charge in [-0.15, -0.1) is 0 Å². The summed E-state index contributed by atoms with van der Waals surface area (Å²) in [5, 5.41) is 3.75. The quantitative estimate of drug-likeness (QED) is 0.804. The van der Waals surface area contributed by atoms with Crippen molar-refractivity contribution in [1.29, 1.82) is 0 Å². The second-order valence-corrected chi connectivity index (χ2v) is 4.70. The van der Waals surface area contributed by atoms with Crippen molar-refractivity contribution >= 4 is 23.4 Å². The number of nitrogen functional groups attached to an aromatic ring is 1. The van der Waals surface area contributed by atoms with Crippen molar-refractivity contribution in [2.24, 2.45) is 0 Å². The molecule has 0 radical (unpaired) electrons. The molecule has 0 bridgehead atoms. The van der Waals surface area contributed by atoms with Crippen molar-refractivity contribution in [3.8, 4) is 0 Å². The molecule has 1 aliphatic heterocycles. The molecule has 6 heteroatoms. The number of likely N-dealkylation sites (tertiary alicyclic amines) is 1. The van der Waals surface area contributed by atoms with Crippen molar-refractivity contribution in [2.45, 2.75) is 25.8 Å². The minimum atomic E-state index is 0.211. The van der Waals surface area contributed by atoms with Crippen LogP contribution in [0.4, 0.5) is 11.8 Å². The van der Waals surface area contributed by atoms with Gasteiger partial charge in [0.05, 0.1) is 0 Å². The van der Waals surface area contributed by atoms with Gasteiger partial charge in [0.25, 0.3) is 0 Å². The summed E-state index contributed by atoms with van der Waals surface area (Å²) in [6, 6.07) is 2.12. The van der Waals surface area contributed by atoms with Crippen molar-refractivity contribution < 1.29 is 0 Å². The fourth-order valence-corrected chi connectivity index (χ4v) is 2.37. The summed E-state index contributed by atoms with van der Waals surface area (Å²) in [4.78, 5) is 10.4. The molecule has 2 rings (SSSR count). The van der Waals surface area contributed by atoms with Crippen LogP contribution in [0.15, 0.2) is 6.07 Å². The molecule has 1 aliphatic rings. The van der Waals surface area contributed by atoms with Crippen LogP contribution in [0.2, 0.25) is 5.15 Å². The van der Waals surface area contributed by atoms with E-state index in [0.29, 0.717) is 17.0 Å². The lowest BCUT2D eigenvalue weighted by Crippen LogP contribution is -2.42. The number of aromatic nitrogens is 2. The number of nitrogens with zero attached hydrogens (tertiary/aromatic N) is 3. The van der Waals surface area contributed by atoms with Gasteiger partial charge in [-0.3, -0.25) is 0 Å². The number of likely N-dealkylation sites (N-methyl/N-ethyl adjacent to an activating group) is 1. The maximum absolute atomic E-state index is 5.84. The molecule has 1 atom stereocenters. The first-order valence-electron chi connectivity index (χ1n) is 5.96. The Morgan fingerprint density at radius 3 is 3.12 bits per heavy atom. The number of hydrogen-bond acceptors (Lipinski definition) is 5. The fourth-order valence-electron chi connectivity index (χ4n) is 2.18. The largest absolute Gasteiger partial charge is 0.368 e. The Morgan fingerprint density at radius 1 is 1.59 bits per heavy atom. The Labute approximate surface area is 106 Å². The summed E-state index contributed by atoms with van der Waals surface area (Å²) in [5.74, 6) is 0.925. The number of nitrogens with two attached hydrogens (primary N) is 1. The van der Waals surface area contributed by atoms with E-state index >= 15 is 0 Å². The van der Waals surface area contributed by atoms with E-state index in [2.05, 4.69) is 27.1 Å². The number of nitrogens with one attached hydrogen (secondary N) is 1. The van der Waals surface area contributed by atoms with Gasteiger partial charge in [0.2, 0.25) is 5.95 Å². The van der Waals surface area contributed by atoms with Gasteiger partial charge in [-0.1, -0.05) is 18.5 Å². The third-order valence-electron chi connectivity index (χ3n) is 3.02. The normalized spacial score (nSPS) is 21.4. The molecule has 0 aromatic carbocycles. The smallest absolute Gasteiger partial charge is 0.223 e. The molecule has 17 heavy (non-hydrogen) atoms. The predicted molar refractivity (Wildman–Crippen MR) is 70.2 cm³/mol. The van der Waals surface area contributed by atoms with Crippen LogP contribution < -0.4 is 11.1 Å². The molecule has 1 aromatic rings. The number of rotatable bonds is 3. The lowest BCUT2D eigenvalue weighted by Gasteiger charge is -2.32. The van der Waals surface area contributed by atoms with E-state index in [1.807, 2.05) is 0 Å². The highest BCUT2D eigenvalue weighted by atomic mass is 35.5. The van der Waals surface area contributed by atoms with Gasteiger partial charge in [0, 0.05) is 18.7 Å². The van der Waals surface area contributed by atoms with Crippen molar-refractivity contribution in [2.75, 3.05) is 30.7 Å². The third-order valence-corrected chi connectivity index (χ3v) is 3.21. The van der Waals surface area contributed by atoms with E-state index in [0.717, 1.165) is 19.5 Å². The summed E-state index contributed by atoms with van der Waals surface area (Å²) in [5.41, 5.74) is 5.56. The molecule has 0 amide bonds. The molecule has 0 aliphatic carbocycles. The number of halogens is 1. The summed E-state index contributed by atoms with van der Waals surface area (Å²) >= 11 is 5.84. The lowest BCUT2D eigenvalue weighted by atomic mass is 10.1. The average Bonchev–Trinajstić information content (AvgIpc) is 2.28.